The molecule has 1 heterocycles. The Balaban J connectivity index is 1.82. The molecule has 1 amide bonds. The van der Waals surface area contributed by atoms with Crippen molar-refractivity contribution in [2.75, 3.05) is 11.1 Å². The van der Waals surface area contributed by atoms with Crippen LogP contribution in [0.4, 0.5) is 5.13 Å². The zero-order valence-electron chi connectivity index (χ0n) is 8.72. The summed E-state index contributed by atoms with van der Waals surface area (Å²) in [4.78, 5) is 16.6. The van der Waals surface area contributed by atoms with Crippen LogP contribution in [0.5, 0.6) is 0 Å². The molecule has 0 bridgehead atoms. The lowest BCUT2D eigenvalue weighted by molar-refractivity contribution is -0.113. The van der Waals surface area contributed by atoms with E-state index in [-0.39, 0.29) is 5.91 Å². The number of halogens is 1. The van der Waals surface area contributed by atoms with Crippen LogP contribution >= 0.6 is 39.0 Å². The Hall–Kier alpha value is -0.850. The molecule has 0 fully saturated rings. The molecule has 2 aromatic rings. The SMILES string of the molecule is O=C(CSc1ccc(Br)cc1)Nc1nccs1. The maximum atomic E-state index is 11.6. The Labute approximate surface area is 116 Å². The van der Waals surface area contributed by atoms with Crippen molar-refractivity contribution >= 4 is 50.1 Å². The molecule has 17 heavy (non-hydrogen) atoms. The van der Waals surface area contributed by atoms with Crippen molar-refractivity contribution in [2.24, 2.45) is 0 Å². The smallest absolute Gasteiger partial charge is 0.236 e. The van der Waals surface area contributed by atoms with Crippen LogP contribution in [0.3, 0.4) is 0 Å². The first kappa shape index (κ1) is 12.6. The Bertz CT molecular complexity index is 485. The van der Waals surface area contributed by atoms with Gasteiger partial charge < -0.3 is 5.32 Å². The average Bonchev–Trinajstić information content (AvgIpc) is 2.81. The van der Waals surface area contributed by atoms with Crippen molar-refractivity contribution in [3.05, 3.63) is 40.3 Å². The van der Waals surface area contributed by atoms with E-state index in [2.05, 4.69) is 26.2 Å². The number of rotatable bonds is 4. The number of anilines is 1. The molecule has 0 unspecified atom stereocenters. The summed E-state index contributed by atoms with van der Waals surface area (Å²) in [5.74, 6) is 0.356. The minimum atomic E-state index is -0.0344. The van der Waals surface area contributed by atoms with Crippen LogP contribution in [0.15, 0.2) is 45.2 Å². The predicted octanol–water partition coefficient (Wildman–Crippen LogP) is 3.64. The molecule has 0 aliphatic rings. The maximum Gasteiger partial charge on any atom is 0.236 e. The number of carbonyl (C=O) groups excluding carboxylic acids is 1. The van der Waals surface area contributed by atoms with E-state index in [1.165, 1.54) is 23.1 Å². The van der Waals surface area contributed by atoms with Crippen LogP contribution < -0.4 is 5.32 Å². The highest BCUT2D eigenvalue weighted by Crippen LogP contribution is 2.21. The van der Waals surface area contributed by atoms with Gasteiger partial charge in [-0.2, -0.15) is 0 Å². The van der Waals surface area contributed by atoms with E-state index >= 15 is 0 Å². The van der Waals surface area contributed by atoms with Crippen LogP contribution in [0.25, 0.3) is 0 Å². The van der Waals surface area contributed by atoms with Gasteiger partial charge in [-0.3, -0.25) is 4.79 Å². The van der Waals surface area contributed by atoms with Gasteiger partial charge in [-0.05, 0) is 24.3 Å². The van der Waals surface area contributed by atoms with Crippen LogP contribution in [-0.4, -0.2) is 16.6 Å². The molecule has 0 aliphatic carbocycles. The first-order valence-corrected chi connectivity index (χ1v) is 7.47. The predicted molar refractivity (Wildman–Crippen MR) is 75.6 cm³/mol. The zero-order chi connectivity index (χ0) is 12.1. The van der Waals surface area contributed by atoms with Crippen molar-refractivity contribution < 1.29 is 4.79 Å². The van der Waals surface area contributed by atoms with Gasteiger partial charge in [0, 0.05) is 20.9 Å². The third-order valence-electron chi connectivity index (χ3n) is 1.86. The summed E-state index contributed by atoms with van der Waals surface area (Å²) in [6.07, 6.45) is 1.67. The van der Waals surface area contributed by atoms with Gasteiger partial charge in [-0.15, -0.1) is 23.1 Å². The van der Waals surface area contributed by atoms with Gasteiger partial charge in [0.2, 0.25) is 5.91 Å². The first-order valence-electron chi connectivity index (χ1n) is 4.82. The monoisotopic (exact) mass is 328 g/mol. The molecule has 1 aromatic carbocycles. The molecular weight excluding hydrogens is 320 g/mol. The summed E-state index contributed by atoms with van der Waals surface area (Å²) < 4.78 is 1.04. The van der Waals surface area contributed by atoms with E-state index in [9.17, 15) is 4.79 Å². The number of thioether (sulfide) groups is 1. The molecular formula is C11H9BrN2OS2. The summed E-state index contributed by atoms with van der Waals surface area (Å²) >= 11 is 6.29. The highest BCUT2D eigenvalue weighted by molar-refractivity contribution is 9.10. The standard InChI is InChI=1S/C11H9BrN2OS2/c12-8-1-3-9(4-2-8)17-7-10(15)14-11-13-5-6-16-11/h1-6H,7H2,(H,13,14,15). The van der Waals surface area contributed by atoms with Crippen molar-refractivity contribution in [3.63, 3.8) is 0 Å². The second-order valence-electron chi connectivity index (χ2n) is 3.13. The van der Waals surface area contributed by atoms with Gasteiger partial charge in [0.05, 0.1) is 5.75 Å². The fraction of sp³-hybridized carbons (Fsp3) is 0.0909. The number of thiazole rings is 1. The molecule has 0 atom stereocenters. The molecule has 0 aliphatic heterocycles. The quantitative estimate of drug-likeness (QED) is 0.871. The summed E-state index contributed by atoms with van der Waals surface area (Å²) in [6.45, 7) is 0. The lowest BCUT2D eigenvalue weighted by atomic mass is 10.4. The third-order valence-corrected chi connectivity index (χ3v) is 4.09. The van der Waals surface area contributed by atoms with Gasteiger partial charge in [0.15, 0.2) is 5.13 Å². The van der Waals surface area contributed by atoms with Gasteiger partial charge in [-0.1, -0.05) is 15.9 Å². The molecule has 1 N–H and O–H groups in total. The third kappa shape index (κ3) is 4.14. The van der Waals surface area contributed by atoms with Crippen LogP contribution in [-0.2, 0) is 4.79 Å². The Morgan fingerprint density at radius 3 is 2.82 bits per heavy atom. The number of nitrogens with one attached hydrogen (secondary N) is 1. The van der Waals surface area contributed by atoms with Crippen LogP contribution in [0.1, 0.15) is 0 Å². The van der Waals surface area contributed by atoms with Crippen molar-refractivity contribution in [1.29, 1.82) is 0 Å². The fourth-order valence-electron chi connectivity index (χ4n) is 1.12. The van der Waals surface area contributed by atoms with E-state index in [0.29, 0.717) is 10.9 Å². The zero-order valence-corrected chi connectivity index (χ0v) is 11.9. The summed E-state index contributed by atoms with van der Waals surface area (Å²) in [5.41, 5.74) is 0. The number of carbonyl (C=O) groups is 1. The van der Waals surface area contributed by atoms with E-state index < -0.39 is 0 Å². The van der Waals surface area contributed by atoms with E-state index in [0.717, 1.165) is 9.37 Å². The molecule has 0 radical (unpaired) electrons. The molecule has 0 saturated carbocycles. The van der Waals surface area contributed by atoms with Crippen molar-refractivity contribution in [2.45, 2.75) is 4.90 Å². The summed E-state index contributed by atoms with van der Waals surface area (Å²) in [6, 6.07) is 7.87. The fourth-order valence-corrected chi connectivity index (χ4v) is 2.63. The lowest BCUT2D eigenvalue weighted by Gasteiger charge is -2.02. The van der Waals surface area contributed by atoms with E-state index in [1.54, 1.807) is 6.20 Å². The van der Waals surface area contributed by atoms with Gasteiger partial charge in [0.1, 0.15) is 0 Å². The number of nitrogens with zero attached hydrogens (tertiary/aromatic N) is 1. The minimum Gasteiger partial charge on any atom is -0.301 e. The number of hydrogen-bond acceptors (Lipinski definition) is 4. The molecule has 0 saturated heterocycles. The largest absolute Gasteiger partial charge is 0.301 e. The lowest BCUT2D eigenvalue weighted by Crippen LogP contribution is -2.13. The van der Waals surface area contributed by atoms with Gasteiger partial charge in [-0.25, -0.2) is 4.98 Å². The Morgan fingerprint density at radius 2 is 2.18 bits per heavy atom. The maximum absolute atomic E-state index is 11.6. The summed E-state index contributed by atoms with van der Waals surface area (Å²) in [5, 5.41) is 5.22. The van der Waals surface area contributed by atoms with Gasteiger partial charge in [0.25, 0.3) is 0 Å². The normalized spacial score (nSPS) is 10.2. The second-order valence-corrected chi connectivity index (χ2v) is 5.99. The van der Waals surface area contributed by atoms with Gasteiger partial charge >= 0.3 is 0 Å². The number of benzene rings is 1. The summed E-state index contributed by atoms with van der Waals surface area (Å²) in [7, 11) is 0. The van der Waals surface area contributed by atoms with Crippen LogP contribution in [0, 0.1) is 0 Å². The molecule has 3 nitrogen and oxygen atoms in total. The Morgan fingerprint density at radius 1 is 1.41 bits per heavy atom. The highest BCUT2D eigenvalue weighted by Gasteiger charge is 2.04. The van der Waals surface area contributed by atoms with Crippen molar-refractivity contribution in [3.8, 4) is 0 Å². The van der Waals surface area contributed by atoms with E-state index in [1.807, 2.05) is 29.6 Å². The number of hydrogen-bond donors (Lipinski definition) is 1. The minimum absolute atomic E-state index is 0.0344. The molecule has 6 heteroatoms. The van der Waals surface area contributed by atoms with Crippen molar-refractivity contribution in [1.82, 2.24) is 4.98 Å². The first-order chi connectivity index (χ1) is 8.24. The molecule has 88 valence electrons. The second kappa shape index (κ2) is 6.18. The Kier molecular flexibility index (Phi) is 4.58. The average molecular weight is 329 g/mol. The molecule has 0 spiro atoms. The number of amides is 1. The number of aromatic nitrogens is 1. The molecule has 2 rings (SSSR count). The molecule has 1 aromatic heterocycles. The highest BCUT2D eigenvalue weighted by atomic mass is 79.9. The van der Waals surface area contributed by atoms with Crippen LogP contribution in [0.2, 0.25) is 0 Å². The topological polar surface area (TPSA) is 42.0 Å². The van der Waals surface area contributed by atoms with E-state index in [4.69, 9.17) is 0 Å².